The third-order valence-electron chi connectivity index (χ3n) is 5.11. The lowest BCUT2D eigenvalue weighted by Gasteiger charge is -2.28. The Hall–Kier alpha value is -1.55. The summed E-state index contributed by atoms with van der Waals surface area (Å²) in [7, 11) is 0. The normalized spacial score (nSPS) is 32.1. The van der Waals surface area contributed by atoms with Gasteiger partial charge in [-0.15, -0.1) is 0 Å². The Labute approximate surface area is 119 Å². The number of nitrogens with two attached hydrogens (primary N) is 2. The van der Waals surface area contributed by atoms with E-state index in [1.54, 1.807) is 0 Å². The van der Waals surface area contributed by atoms with Gasteiger partial charge in [-0.25, -0.2) is 0 Å². The minimum atomic E-state index is 0.130. The molecule has 2 aliphatic rings. The summed E-state index contributed by atoms with van der Waals surface area (Å²) in [5.41, 5.74) is 14.7. The van der Waals surface area contributed by atoms with Gasteiger partial charge in [-0.3, -0.25) is 4.79 Å². The number of nitrogen functional groups attached to an aromatic ring is 1. The van der Waals surface area contributed by atoms with Crippen molar-refractivity contribution < 1.29 is 4.79 Å². The van der Waals surface area contributed by atoms with Crippen LogP contribution < -0.4 is 16.8 Å². The van der Waals surface area contributed by atoms with Crippen molar-refractivity contribution in [1.82, 2.24) is 0 Å². The van der Waals surface area contributed by atoms with E-state index in [0.29, 0.717) is 11.5 Å². The number of aryl methyl sites for hydroxylation is 1. The van der Waals surface area contributed by atoms with E-state index in [1.165, 1.54) is 0 Å². The summed E-state index contributed by atoms with van der Waals surface area (Å²) in [6.07, 6.45) is 5.29. The lowest BCUT2D eigenvalue weighted by Crippen LogP contribution is -2.29. The highest BCUT2D eigenvalue weighted by atomic mass is 16.1. The summed E-state index contributed by atoms with van der Waals surface area (Å²) in [5.74, 6) is 0.271. The predicted octanol–water partition coefficient (Wildman–Crippen LogP) is 2.42. The van der Waals surface area contributed by atoms with Crippen molar-refractivity contribution in [3.8, 4) is 0 Å². The van der Waals surface area contributed by atoms with Crippen LogP contribution in [0.2, 0.25) is 0 Å². The van der Waals surface area contributed by atoms with E-state index in [1.807, 2.05) is 25.1 Å². The van der Waals surface area contributed by atoms with Gasteiger partial charge in [0.15, 0.2) is 0 Å². The van der Waals surface area contributed by atoms with E-state index in [9.17, 15) is 4.79 Å². The summed E-state index contributed by atoms with van der Waals surface area (Å²) < 4.78 is 0. The molecule has 0 aromatic heterocycles. The van der Waals surface area contributed by atoms with Crippen LogP contribution in [0.3, 0.4) is 0 Å². The SMILES string of the molecule is Cc1cc(N)ccc1NC(=O)C1CCC2(CC1)CC2N. The molecule has 5 N–H and O–H groups in total. The van der Waals surface area contributed by atoms with Crippen LogP contribution in [0.4, 0.5) is 11.4 Å². The molecule has 2 aliphatic carbocycles. The average Bonchev–Trinajstić information content (AvgIpc) is 3.03. The van der Waals surface area contributed by atoms with Gasteiger partial charge in [0, 0.05) is 23.3 Å². The van der Waals surface area contributed by atoms with Crippen molar-refractivity contribution in [2.75, 3.05) is 11.1 Å². The van der Waals surface area contributed by atoms with Crippen LogP contribution in [0.15, 0.2) is 18.2 Å². The van der Waals surface area contributed by atoms with Gasteiger partial charge in [0.1, 0.15) is 0 Å². The average molecular weight is 273 g/mol. The van der Waals surface area contributed by atoms with E-state index >= 15 is 0 Å². The Morgan fingerprint density at radius 2 is 2.00 bits per heavy atom. The first kappa shape index (κ1) is 13.4. The van der Waals surface area contributed by atoms with Crippen LogP contribution in [0.1, 0.15) is 37.7 Å². The fraction of sp³-hybridized carbons (Fsp3) is 0.562. The Morgan fingerprint density at radius 1 is 1.35 bits per heavy atom. The predicted molar refractivity (Wildman–Crippen MR) is 81.2 cm³/mol. The van der Waals surface area contributed by atoms with Gasteiger partial charge in [-0.1, -0.05) is 0 Å². The van der Waals surface area contributed by atoms with Crippen LogP contribution >= 0.6 is 0 Å². The van der Waals surface area contributed by atoms with Gasteiger partial charge in [-0.05, 0) is 68.2 Å². The van der Waals surface area contributed by atoms with E-state index in [-0.39, 0.29) is 11.8 Å². The highest BCUT2D eigenvalue weighted by Gasteiger charge is 2.53. The molecule has 4 heteroatoms. The molecular formula is C16H23N3O. The maximum absolute atomic E-state index is 12.3. The molecule has 2 saturated carbocycles. The number of hydrogen-bond acceptors (Lipinski definition) is 3. The van der Waals surface area contributed by atoms with Gasteiger partial charge in [-0.2, -0.15) is 0 Å². The number of carbonyl (C=O) groups excluding carboxylic acids is 1. The third-order valence-corrected chi connectivity index (χ3v) is 5.11. The second kappa shape index (κ2) is 4.77. The maximum Gasteiger partial charge on any atom is 0.227 e. The van der Waals surface area contributed by atoms with Gasteiger partial charge in [0.05, 0.1) is 0 Å². The summed E-state index contributed by atoms with van der Waals surface area (Å²) in [6, 6.07) is 5.96. The second-order valence-electron chi connectivity index (χ2n) is 6.51. The fourth-order valence-corrected chi connectivity index (χ4v) is 3.47. The first-order valence-corrected chi connectivity index (χ1v) is 7.43. The zero-order chi connectivity index (χ0) is 14.3. The van der Waals surface area contributed by atoms with E-state index in [0.717, 1.165) is 49.0 Å². The highest BCUT2D eigenvalue weighted by Crippen LogP contribution is 2.56. The van der Waals surface area contributed by atoms with Crippen molar-refractivity contribution >= 4 is 17.3 Å². The summed E-state index contributed by atoms with van der Waals surface area (Å²) in [6.45, 7) is 1.96. The zero-order valence-corrected chi connectivity index (χ0v) is 12.0. The number of hydrogen-bond donors (Lipinski definition) is 3. The number of benzene rings is 1. The first-order chi connectivity index (χ1) is 9.50. The second-order valence-corrected chi connectivity index (χ2v) is 6.51. The first-order valence-electron chi connectivity index (χ1n) is 7.43. The molecule has 0 saturated heterocycles. The molecule has 4 nitrogen and oxygen atoms in total. The lowest BCUT2D eigenvalue weighted by atomic mass is 9.79. The highest BCUT2D eigenvalue weighted by molar-refractivity contribution is 5.93. The summed E-state index contributed by atoms with van der Waals surface area (Å²) in [5, 5.41) is 3.04. The molecule has 1 unspecified atom stereocenters. The van der Waals surface area contributed by atoms with Crippen molar-refractivity contribution in [3.05, 3.63) is 23.8 Å². The van der Waals surface area contributed by atoms with Gasteiger partial charge in [0.2, 0.25) is 5.91 Å². The molecule has 1 atom stereocenters. The van der Waals surface area contributed by atoms with Crippen LogP contribution in [-0.4, -0.2) is 11.9 Å². The largest absolute Gasteiger partial charge is 0.399 e. The quantitative estimate of drug-likeness (QED) is 0.724. The zero-order valence-electron chi connectivity index (χ0n) is 12.0. The molecule has 108 valence electrons. The van der Waals surface area contributed by atoms with Crippen LogP contribution in [0.25, 0.3) is 0 Å². The van der Waals surface area contributed by atoms with E-state index < -0.39 is 0 Å². The maximum atomic E-state index is 12.3. The minimum Gasteiger partial charge on any atom is -0.399 e. The summed E-state index contributed by atoms with van der Waals surface area (Å²) >= 11 is 0. The smallest absolute Gasteiger partial charge is 0.227 e. The fourth-order valence-electron chi connectivity index (χ4n) is 3.47. The van der Waals surface area contributed by atoms with Crippen molar-refractivity contribution in [1.29, 1.82) is 0 Å². The van der Waals surface area contributed by atoms with Crippen molar-refractivity contribution in [2.24, 2.45) is 17.1 Å². The molecule has 1 aromatic rings. The van der Waals surface area contributed by atoms with Gasteiger partial charge < -0.3 is 16.8 Å². The number of rotatable bonds is 2. The minimum absolute atomic E-state index is 0.130. The molecular weight excluding hydrogens is 250 g/mol. The lowest BCUT2D eigenvalue weighted by molar-refractivity contribution is -0.121. The number of anilines is 2. The van der Waals surface area contributed by atoms with Crippen molar-refractivity contribution in [3.63, 3.8) is 0 Å². The molecule has 1 spiro atoms. The van der Waals surface area contributed by atoms with E-state index in [2.05, 4.69) is 5.32 Å². The number of carbonyl (C=O) groups is 1. The molecule has 2 fully saturated rings. The van der Waals surface area contributed by atoms with Gasteiger partial charge >= 0.3 is 0 Å². The van der Waals surface area contributed by atoms with Crippen LogP contribution in [0, 0.1) is 18.3 Å². The Balaban J connectivity index is 1.60. The Morgan fingerprint density at radius 3 is 2.55 bits per heavy atom. The third kappa shape index (κ3) is 2.40. The van der Waals surface area contributed by atoms with Crippen LogP contribution in [-0.2, 0) is 4.79 Å². The molecule has 0 aliphatic heterocycles. The monoisotopic (exact) mass is 273 g/mol. The molecule has 3 rings (SSSR count). The number of nitrogens with one attached hydrogen (secondary N) is 1. The Kier molecular flexibility index (Phi) is 3.21. The molecule has 0 bridgehead atoms. The molecule has 1 amide bonds. The van der Waals surface area contributed by atoms with Crippen LogP contribution in [0.5, 0.6) is 0 Å². The molecule has 1 aromatic carbocycles. The summed E-state index contributed by atoms with van der Waals surface area (Å²) in [4.78, 5) is 12.3. The van der Waals surface area contributed by atoms with Crippen molar-refractivity contribution in [2.45, 2.75) is 45.1 Å². The molecule has 20 heavy (non-hydrogen) atoms. The topological polar surface area (TPSA) is 81.1 Å². The van der Waals surface area contributed by atoms with E-state index in [4.69, 9.17) is 11.5 Å². The van der Waals surface area contributed by atoms with Gasteiger partial charge in [0.25, 0.3) is 0 Å². The molecule has 0 radical (unpaired) electrons. The number of amides is 1. The Bertz CT molecular complexity index is 533. The molecule has 0 heterocycles. The standard InChI is InChI=1S/C16H23N3O/c1-10-8-12(17)2-3-13(10)19-15(20)11-4-6-16(7-5-11)9-14(16)18/h2-3,8,11,14H,4-7,9,17-18H2,1H3,(H,19,20).